The van der Waals surface area contributed by atoms with Crippen molar-refractivity contribution in [3.63, 3.8) is 0 Å². The van der Waals surface area contributed by atoms with Crippen molar-refractivity contribution >= 4 is 17.5 Å². The van der Waals surface area contributed by atoms with E-state index < -0.39 is 6.04 Å². The Hall–Kier alpha value is -1.88. The Kier molecular flexibility index (Phi) is 6.18. The number of rotatable bonds is 6. The molecule has 110 valence electrons. The number of aryl methyl sites for hydroxylation is 1. The summed E-state index contributed by atoms with van der Waals surface area (Å²) in [6, 6.07) is 4.68. The van der Waals surface area contributed by atoms with Gasteiger partial charge in [-0.2, -0.15) is 0 Å². The smallest absolute Gasteiger partial charge is 0.251 e. The van der Waals surface area contributed by atoms with E-state index in [0.717, 1.165) is 18.4 Å². The van der Waals surface area contributed by atoms with Crippen molar-refractivity contribution in [3.05, 3.63) is 29.3 Å². The third-order valence-electron chi connectivity index (χ3n) is 3.19. The number of anilines is 1. The van der Waals surface area contributed by atoms with Crippen LogP contribution in [0.3, 0.4) is 0 Å². The van der Waals surface area contributed by atoms with E-state index in [4.69, 9.17) is 5.73 Å². The Morgan fingerprint density at radius 1 is 1.35 bits per heavy atom. The molecule has 0 aliphatic carbocycles. The molecular weight excluding hydrogens is 254 g/mol. The number of hydrogen-bond acceptors (Lipinski definition) is 3. The van der Waals surface area contributed by atoms with E-state index in [9.17, 15) is 9.59 Å². The highest BCUT2D eigenvalue weighted by molar-refractivity contribution is 5.99. The molecule has 1 atom stereocenters. The number of benzene rings is 1. The van der Waals surface area contributed by atoms with E-state index in [1.54, 1.807) is 25.2 Å². The molecule has 1 aromatic carbocycles. The van der Waals surface area contributed by atoms with Crippen LogP contribution in [0.2, 0.25) is 0 Å². The maximum atomic E-state index is 12.0. The van der Waals surface area contributed by atoms with Crippen molar-refractivity contribution in [1.29, 1.82) is 0 Å². The molecule has 1 rings (SSSR count). The molecule has 1 aromatic rings. The van der Waals surface area contributed by atoms with Crippen LogP contribution in [0.1, 0.15) is 42.1 Å². The van der Waals surface area contributed by atoms with Gasteiger partial charge in [-0.1, -0.05) is 25.8 Å². The van der Waals surface area contributed by atoms with Crippen LogP contribution in [0.25, 0.3) is 0 Å². The van der Waals surface area contributed by atoms with Crippen molar-refractivity contribution in [2.45, 2.75) is 39.2 Å². The summed E-state index contributed by atoms with van der Waals surface area (Å²) in [5.41, 5.74) is 7.87. The topological polar surface area (TPSA) is 84.2 Å². The van der Waals surface area contributed by atoms with E-state index in [2.05, 4.69) is 17.6 Å². The Bertz CT molecular complexity index is 486. The zero-order valence-electron chi connectivity index (χ0n) is 12.3. The second kappa shape index (κ2) is 7.65. The maximum absolute atomic E-state index is 12.0. The van der Waals surface area contributed by atoms with Gasteiger partial charge < -0.3 is 16.4 Å². The molecular formula is C15H23N3O2. The lowest BCUT2D eigenvalue weighted by atomic mass is 10.1. The first-order chi connectivity index (χ1) is 9.49. The van der Waals surface area contributed by atoms with Gasteiger partial charge in [0.15, 0.2) is 0 Å². The van der Waals surface area contributed by atoms with Crippen molar-refractivity contribution in [2.24, 2.45) is 5.73 Å². The SMILES string of the molecule is CCCC[C@H](N)C(=O)Nc1cc(C(=O)NC)ccc1C. The molecule has 5 nitrogen and oxygen atoms in total. The van der Waals surface area contributed by atoms with Crippen LogP contribution in [0.5, 0.6) is 0 Å². The molecule has 0 saturated heterocycles. The number of carbonyl (C=O) groups is 2. The summed E-state index contributed by atoms with van der Waals surface area (Å²) in [5.74, 6) is -0.397. The summed E-state index contributed by atoms with van der Waals surface area (Å²) in [4.78, 5) is 23.6. The van der Waals surface area contributed by atoms with Gasteiger partial charge in [-0.15, -0.1) is 0 Å². The lowest BCUT2D eigenvalue weighted by molar-refractivity contribution is -0.117. The normalized spacial score (nSPS) is 11.8. The van der Waals surface area contributed by atoms with Gasteiger partial charge in [-0.05, 0) is 31.0 Å². The summed E-state index contributed by atoms with van der Waals surface area (Å²) < 4.78 is 0. The highest BCUT2D eigenvalue weighted by Gasteiger charge is 2.14. The van der Waals surface area contributed by atoms with Gasteiger partial charge in [-0.25, -0.2) is 0 Å². The van der Waals surface area contributed by atoms with Crippen LogP contribution in [0, 0.1) is 6.92 Å². The van der Waals surface area contributed by atoms with Gasteiger partial charge >= 0.3 is 0 Å². The number of unbranched alkanes of at least 4 members (excludes halogenated alkanes) is 1. The summed E-state index contributed by atoms with van der Waals surface area (Å²) in [6.07, 6.45) is 2.59. The van der Waals surface area contributed by atoms with Crippen molar-refractivity contribution in [1.82, 2.24) is 5.32 Å². The van der Waals surface area contributed by atoms with E-state index in [1.807, 2.05) is 6.92 Å². The van der Waals surface area contributed by atoms with Crippen LogP contribution in [-0.4, -0.2) is 24.9 Å². The predicted octanol–water partition coefficient (Wildman–Crippen LogP) is 1.81. The Morgan fingerprint density at radius 2 is 2.05 bits per heavy atom. The molecule has 0 aliphatic rings. The monoisotopic (exact) mass is 277 g/mol. The molecule has 0 unspecified atom stereocenters. The Labute approximate surface area is 119 Å². The predicted molar refractivity (Wildman–Crippen MR) is 80.7 cm³/mol. The highest BCUT2D eigenvalue weighted by atomic mass is 16.2. The van der Waals surface area contributed by atoms with Gasteiger partial charge in [-0.3, -0.25) is 9.59 Å². The molecule has 0 spiro atoms. The molecule has 0 saturated carbocycles. The van der Waals surface area contributed by atoms with Crippen molar-refractivity contribution in [3.8, 4) is 0 Å². The van der Waals surface area contributed by atoms with E-state index in [0.29, 0.717) is 17.7 Å². The second-order valence-electron chi connectivity index (χ2n) is 4.85. The number of nitrogens with one attached hydrogen (secondary N) is 2. The fourth-order valence-electron chi connectivity index (χ4n) is 1.82. The van der Waals surface area contributed by atoms with Crippen LogP contribution in [0.15, 0.2) is 18.2 Å². The van der Waals surface area contributed by atoms with Gasteiger partial charge in [0.25, 0.3) is 5.91 Å². The zero-order valence-corrected chi connectivity index (χ0v) is 12.3. The molecule has 2 amide bonds. The van der Waals surface area contributed by atoms with Gasteiger partial charge in [0.2, 0.25) is 5.91 Å². The van der Waals surface area contributed by atoms with Crippen molar-refractivity contribution < 1.29 is 9.59 Å². The number of hydrogen-bond donors (Lipinski definition) is 3. The summed E-state index contributed by atoms with van der Waals surface area (Å²) in [7, 11) is 1.57. The average Bonchev–Trinajstić information content (AvgIpc) is 2.45. The molecule has 20 heavy (non-hydrogen) atoms. The lowest BCUT2D eigenvalue weighted by Crippen LogP contribution is -2.35. The quantitative estimate of drug-likeness (QED) is 0.741. The third-order valence-corrected chi connectivity index (χ3v) is 3.19. The molecule has 0 bridgehead atoms. The van der Waals surface area contributed by atoms with Crippen LogP contribution in [0.4, 0.5) is 5.69 Å². The van der Waals surface area contributed by atoms with E-state index >= 15 is 0 Å². The fourth-order valence-corrected chi connectivity index (χ4v) is 1.82. The molecule has 0 fully saturated rings. The summed E-state index contributed by atoms with van der Waals surface area (Å²) >= 11 is 0. The lowest BCUT2D eigenvalue weighted by Gasteiger charge is -2.14. The minimum Gasteiger partial charge on any atom is -0.355 e. The standard InChI is InChI=1S/C15H23N3O2/c1-4-5-6-12(16)15(20)18-13-9-11(14(19)17-3)8-7-10(13)2/h7-9,12H,4-6,16H2,1-3H3,(H,17,19)(H,18,20)/t12-/m0/s1. The number of nitrogens with two attached hydrogens (primary N) is 1. The molecule has 5 heteroatoms. The molecule has 0 aromatic heterocycles. The van der Waals surface area contributed by atoms with Crippen LogP contribution < -0.4 is 16.4 Å². The summed E-state index contributed by atoms with van der Waals surface area (Å²) in [6.45, 7) is 3.93. The Balaban J connectivity index is 2.80. The molecule has 0 radical (unpaired) electrons. The Morgan fingerprint density at radius 3 is 2.65 bits per heavy atom. The largest absolute Gasteiger partial charge is 0.355 e. The first kappa shape index (κ1) is 16.2. The first-order valence-corrected chi connectivity index (χ1v) is 6.88. The maximum Gasteiger partial charge on any atom is 0.251 e. The molecule has 0 heterocycles. The highest BCUT2D eigenvalue weighted by Crippen LogP contribution is 2.17. The fraction of sp³-hybridized carbons (Fsp3) is 0.467. The van der Waals surface area contributed by atoms with E-state index in [-0.39, 0.29) is 11.8 Å². The summed E-state index contributed by atoms with van der Waals surface area (Å²) in [5, 5.41) is 5.35. The third kappa shape index (κ3) is 4.35. The first-order valence-electron chi connectivity index (χ1n) is 6.88. The average molecular weight is 277 g/mol. The molecule has 0 aliphatic heterocycles. The van der Waals surface area contributed by atoms with Gasteiger partial charge in [0, 0.05) is 18.3 Å². The zero-order chi connectivity index (χ0) is 15.1. The van der Waals surface area contributed by atoms with Gasteiger partial charge in [0.1, 0.15) is 0 Å². The van der Waals surface area contributed by atoms with Crippen LogP contribution >= 0.6 is 0 Å². The minimum atomic E-state index is -0.516. The number of carbonyl (C=O) groups excluding carboxylic acids is 2. The second-order valence-corrected chi connectivity index (χ2v) is 4.85. The minimum absolute atomic E-state index is 0.184. The van der Waals surface area contributed by atoms with E-state index in [1.165, 1.54) is 0 Å². The van der Waals surface area contributed by atoms with Gasteiger partial charge in [0.05, 0.1) is 6.04 Å². The molecule has 4 N–H and O–H groups in total. The number of amides is 2. The van der Waals surface area contributed by atoms with Crippen molar-refractivity contribution in [2.75, 3.05) is 12.4 Å². The van der Waals surface area contributed by atoms with Crippen LogP contribution in [-0.2, 0) is 4.79 Å².